The molecule has 0 aliphatic heterocycles. The molecule has 0 aliphatic rings. The highest BCUT2D eigenvalue weighted by atomic mass is 16.6. The largest absolute Gasteiger partial charge is 0.496 e. The maximum Gasteiger partial charge on any atom is 0.433 e. The van der Waals surface area contributed by atoms with Gasteiger partial charge in [0.2, 0.25) is 0 Å². The Kier molecular flexibility index (Phi) is 6.27. The molecule has 2 amide bonds. The van der Waals surface area contributed by atoms with Gasteiger partial charge in [0.25, 0.3) is 0 Å². The van der Waals surface area contributed by atoms with E-state index in [0.29, 0.717) is 11.4 Å². The fraction of sp³-hybridized carbons (Fsp3) is 0.368. The van der Waals surface area contributed by atoms with Crippen molar-refractivity contribution in [2.24, 2.45) is 0 Å². The third-order valence-corrected chi connectivity index (χ3v) is 3.39. The monoisotopic (exact) mass is 360 g/mol. The first-order chi connectivity index (χ1) is 12.3. The van der Waals surface area contributed by atoms with Crippen LogP contribution in [0.4, 0.5) is 15.3 Å². The number of rotatable bonds is 4. The predicted molar refractivity (Wildman–Crippen MR) is 99.3 cm³/mol. The molecule has 0 fully saturated rings. The first kappa shape index (κ1) is 19.4. The Morgan fingerprint density at radius 2 is 1.54 bits per heavy atom. The molecular formula is C19H24N2O5. The Balaban J connectivity index is 2.49. The summed E-state index contributed by atoms with van der Waals surface area (Å²) in [5, 5.41) is 2.57. The maximum atomic E-state index is 12.6. The molecule has 0 saturated heterocycles. The van der Waals surface area contributed by atoms with E-state index in [1.807, 2.05) is 24.3 Å². The molecule has 0 radical (unpaired) electrons. The Morgan fingerprint density at radius 1 is 0.923 bits per heavy atom. The minimum Gasteiger partial charge on any atom is -0.496 e. The van der Waals surface area contributed by atoms with Crippen LogP contribution in [-0.4, -0.2) is 31.5 Å². The molecule has 0 unspecified atom stereocenters. The lowest BCUT2D eigenvalue weighted by Gasteiger charge is -2.25. The Bertz CT molecular complexity index is 789. The summed E-state index contributed by atoms with van der Waals surface area (Å²) in [4.78, 5) is 24.7. The van der Waals surface area contributed by atoms with Gasteiger partial charge in [-0.3, -0.25) is 0 Å². The van der Waals surface area contributed by atoms with Crippen LogP contribution in [0.1, 0.15) is 27.7 Å². The molecule has 7 nitrogen and oxygen atoms in total. The van der Waals surface area contributed by atoms with Gasteiger partial charge in [0.05, 0.1) is 25.0 Å². The fourth-order valence-corrected chi connectivity index (χ4v) is 2.42. The Hall–Kier alpha value is -2.96. The van der Waals surface area contributed by atoms with Crippen molar-refractivity contribution in [2.45, 2.75) is 39.9 Å². The molecule has 0 spiro atoms. The van der Waals surface area contributed by atoms with Crippen molar-refractivity contribution in [1.29, 1.82) is 0 Å². The van der Waals surface area contributed by atoms with Gasteiger partial charge in [-0.2, -0.15) is 5.01 Å². The summed E-state index contributed by atoms with van der Waals surface area (Å²) in [5.41, 5.74) is 2.91. The fourth-order valence-electron chi connectivity index (χ4n) is 2.42. The van der Waals surface area contributed by atoms with Crippen molar-refractivity contribution in [3.05, 3.63) is 36.4 Å². The van der Waals surface area contributed by atoms with Crippen molar-refractivity contribution in [1.82, 2.24) is 5.43 Å². The number of nitrogens with zero attached hydrogens (tertiary/aromatic N) is 1. The lowest BCUT2D eigenvalue weighted by molar-refractivity contribution is 0.103. The molecule has 0 atom stereocenters. The molecule has 7 heteroatoms. The maximum absolute atomic E-state index is 12.6. The second kappa shape index (κ2) is 8.42. The second-order valence-electron chi connectivity index (χ2n) is 6.17. The summed E-state index contributed by atoms with van der Waals surface area (Å²) in [7, 11) is 1.57. The van der Waals surface area contributed by atoms with E-state index in [0.717, 1.165) is 15.8 Å². The second-order valence-corrected chi connectivity index (χ2v) is 6.17. The third-order valence-electron chi connectivity index (χ3n) is 3.39. The summed E-state index contributed by atoms with van der Waals surface area (Å²) in [6.07, 6.45) is -2.14. The van der Waals surface area contributed by atoms with Crippen LogP contribution >= 0.6 is 0 Å². The highest BCUT2D eigenvalue weighted by molar-refractivity contribution is 6.04. The number of nitrogens with one attached hydrogen (secondary N) is 1. The van der Waals surface area contributed by atoms with Gasteiger partial charge in [0, 0.05) is 10.8 Å². The molecule has 26 heavy (non-hydrogen) atoms. The molecule has 1 N–H and O–H groups in total. The van der Waals surface area contributed by atoms with E-state index in [1.165, 1.54) is 0 Å². The van der Waals surface area contributed by atoms with Crippen LogP contribution in [0, 0.1) is 0 Å². The molecule has 0 heterocycles. The van der Waals surface area contributed by atoms with Crippen LogP contribution in [0.25, 0.3) is 10.8 Å². The van der Waals surface area contributed by atoms with E-state index < -0.39 is 12.2 Å². The average molecular weight is 360 g/mol. The number of carbonyl (C=O) groups excluding carboxylic acids is 2. The zero-order chi connectivity index (χ0) is 19.3. The summed E-state index contributed by atoms with van der Waals surface area (Å²) >= 11 is 0. The smallest absolute Gasteiger partial charge is 0.433 e. The molecule has 0 saturated carbocycles. The van der Waals surface area contributed by atoms with Crippen LogP contribution in [0.15, 0.2) is 36.4 Å². The van der Waals surface area contributed by atoms with Gasteiger partial charge in [0.1, 0.15) is 5.75 Å². The van der Waals surface area contributed by atoms with E-state index in [4.69, 9.17) is 14.2 Å². The topological polar surface area (TPSA) is 77.1 Å². The third kappa shape index (κ3) is 4.56. The SMILES string of the molecule is COc1ccc(N(NC(=O)OC(C)C)C(=O)OC(C)C)c2ccccc12. The average Bonchev–Trinajstić information content (AvgIpc) is 2.57. The number of carbonyl (C=O) groups is 2. The van der Waals surface area contributed by atoms with E-state index in [-0.39, 0.29) is 12.2 Å². The van der Waals surface area contributed by atoms with Gasteiger partial charge in [-0.05, 0) is 39.8 Å². The van der Waals surface area contributed by atoms with Gasteiger partial charge >= 0.3 is 12.2 Å². The van der Waals surface area contributed by atoms with Crippen LogP contribution in [0.3, 0.4) is 0 Å². The van der Waals surface area contributed by atoms with Gasteiger partial charge in [-0.1, -0.05) is 24.3 Å². The number of methoxy groups -OCH3 is 1. The number of amides is 2. The van der Waals surface area contributed by atoms with Gasteiger partial charge in [0.15, 0.2) is 0 Å². The van der Waals surface area contributed by atoms with Crippen LogP contribution < -0.4 is 15.2 Å². The normalized spacial score (nSPS) is 10.7. The van der Waals surface area contributed by atoms with Crippen molar-refractivity contribution < 1.29 is 23.8 Å². The first-order valence-corrected chi connectivity index (χ1v) is 8.37. The standard InChI is InChI=1S/C19H24N2O5/c1-12(2)25-18(22)20-21(19(23)26-13(3)4)16-10-11-17(24-5)15-9-7-6-8-14(15)16/h6-13H,1-5H3,(H,20,22). The number of anilines is 1. The van der Waals surface area contributed by atoms with E-state index >= 15 is 0 Å². The predicted octanol–water partition coefficient (Wildman–Crippen LogP) is 4.25. The number of hydrazine groups is 1. The molecule has 0 bridgehead atoms. The summed E-state index contributed by atoms with van der Waals surface area (Å²) < 4.78 is 15.7. The van der Waals surface area contributed by atoms with Gasteiger partial charge < -0.3 is 14.2 Å². The molecule has 0 aliphatic carbocycles. The summed E-state index contributed by atoms with van der Waals surface area (Å²) in [6.45, 7) is 6.90. The van der Waals surface area contributed by atoms with Crippen molar-refractivity contribution in [3.8, 4) is 5.75 Å². The zero-order valence-corrected chi connectivity index (χ0v) is 15.6. The minimum absolute atomic E-state index is 0.328. The highest BCUT2D eigenvalue weighted by Crippen LogP contribution is 2.33. The van der Waals surface area contributed by atoms with E-state index in [1.54, 1.807) is 46.9 Å². The summed E-state index contributed by atoms with van der Waals surface area (Å²) in [6, 6.07) is 10.8. The number of benzene rings is 2. The van der Waals surface area contributed by atoms with E-state index in [2.05, 4.69) is 5.43 Å². The first-order valence-electron chi connectivity index (χ1n) is 8.37. The van der Waals surface area contributed by atoms with E-state index in [9.17, 15) is 9.59 Å². The molecule has 0 aromatic heterocycles. The summed E-state index contributed by atoms with van der Waals surface area (Å²) in [5.74, 6) is 0.659. The van der Waals surface area contributed by atoms with Gasteiger partial charge in [-0.25, -0.2) is 15.0 Å². The van der Waals surface area contributed by atoms with Crippen molar-refractivity contribution in [2.75, 3.05) is 12.1 Å². The van der Waals surface area contributed by atoms with Crippen molar-refractivity contribution in [3.63, 3.8) is 0 Å². The molecular weight excluding hydrogens is 336 g/mol. The number of ether oxygens (including phenoxy) is 3. The van der Waals surface area contributed by atoms with Crippen LogP contribution in [0.5, 0.6) is 5.75 Å². The van der Waals surface area contributed by atoms with Crippen molar-refractivity contribution >= 4 is 28.6 Å². The number of hydrogen-bond acceptors (Lipinski definition) is 5. The molecule has 140 valence electrons. The Morgan fingerprint density at radius 3 is 2.12 bits per heavy atom. The van der Waals surface area contributed by atoms with Crippen LogP contribution in [0.2, 0.25) is 0 Å². The number of fused-ring (bicyclic) bond motifs is 1. The number of hydrogen-bond donors (Lipinski definition) is 1. The molecule has 2 aromatic rings. The zero-order valence-electron chi connectivity index (χ0n) is 15.6. The van der Waals surface area contributed by atoms with Gasteiger partial charge in [-0.15, -0.1) is 0 Å². The lowest BCUT2D eigenvalue weighted by Crippen LogP contribution is -2.48. The van der Waals surface area contributed by atoms with Crippen LogP contribution in [-0.2, 0) is 9.47 Å². The minimum atomic E-state index is -0.749. The quantitative estimate of drug-likeness (QED) is 0.825. The highest BCUT2D eigenvalue weighted by Gasteiger charge is 2.24. The molecule has 2 aromatic carbocycles. The molecule has 2 rings (SSSR count). The lowest BCUT2D eigenvalue weighted by atomic mass is 10.1. The Labute approximate surface area is 152 Å².